The third-order valence-electron chi connectivity index (χ3n) is 5.09. The number of hydrogen-bond acceptors (Lipinski definition) is 3. The van der Waals surface area contributed by atoms with E-state index < -0.39 is 6.04 Å². The minimum atomic E-state index is -0.677. The van der Waals surface area contributed by atoms with Gasteiger partial charge in [0.25, 0.3) is 5.91 Å². The highest BCUT2D eigenvalue weighted by Gasteiger charge is 2.26. The van der Waals surface area contributed by atoms with Gasteiger partial charge >= 0.3 is 0 Å². The van der Waals surface area contributed by atoms with Crippen LogP contribution in [0.3, 0.4) is 0 Å². The van der Waals surface area contributed by atoms with Crippen LogP contribution in [0.1, 0.15) is 44.7 Å². The van der Waals surface area contributed by atoms with Gasteiger partial charge in [0.1, 0.15) is 11.8 Å². The van der Waals surface area contributed by atoms with Crippen LogP contribution in [0, 0.1) is 0 Å². The lowest BCUT2D eigenvalue weighted by atomic mass is 10.1. The van der Waals surface area contributed by atoms with Crippen LogP contribution < -0.4 is 10.1 Å². The molecule has 0 spiro atoms. The number of aryl methyl sites for hydroxylation is 1. The van der Waals surface area contributed by atoms with E-state index in [1.807, 2.05) is 18.2 Å². The second-order valence-corrected chi connectivity index (χ2v) is 9.17. The summed E-state index contributed by atoms with van der Waals surface area (Å²) in [5, 5.41) is 3.72. The van der Waals surface area contributed by atoms with Crippen molar-refractivity contribution in [3.05, 3.63) is 62.0 Å². The topological polar surface area (TPSA) is 58.6 Å². The SMILES string of the molecule is CCCCNC(=O)[C@H](C)N(Cc1ccc(Cl)c(Cl)c1)C(=O)COc1ccc(CC)cc1Br. The van der Waals surface area contributed by atoms with Crippen molar-refractivity contribution in [1.82, 2.24) is 10.2 Å². The molecule has 0 heterocycles. The molecule has 0 aliphatic carbocycles. The largest absolute Gasteiger partial charge is 0.483 e. The van der Waals surface area contributed by atoms with E-state index in [4.69, 9.17) is 27.9 Å². The lowest BCUT2D eigenvalue weighted by molar-refractivity contribution is -0.142. The summed E-state index contributed by atoms with van der Waals surface area (Å²) in [6, 6.07) is 10.3. The van der Waals surface area contributed by atoms with Gasteiger partial charge in [-0.05, 0) is 71.1 Å². The molecule has 5 nitrogen and oxygen atoms in total. The molecule has 0 bridgehead atoms. The van der Waals surface area contributed by atoms with Crippen LogP contribution in [0.2, 0.25) is 10.0 Å². The molecule has 2 aromatic rings. The first-order chi connectivity index (χ1) is 15.3. The van der Waals surface area contributed by atoms with Crippen LogP contribution in [0.5, 0.6) is 5.75 Å². The van der Waals surface area contributed by atoms with E-state index in [1.54, 1.807) is 25.1 Å². The van der Waals surface area contributed by atoms with Gasteiger partial charge in [-0.2, -0.15) is 0 Å². The number of amides is 2. The summed E-state index contributed by atoms with van der Waals surface area (Å²) in [5.41, 5.74) is 1.93. The molecule has 0 radical (unpaired) electrons. The Kier molecular flexibility index (Phi) is 10.8. The lowest BCUT2D eigenvalue weighted by Gasteiger charge is -2.29. The second kappa shape index (κ2) is 13.1. The van der Waals surface area contributed by atoms with Crippen molar-refractivity contribution < 1.29 is 14.3 Å². The standard InChI is InChI=1S/C24H29BrCl2N2O3/c1-4-6-11-28-24(31)16(3)29(14-18-7-9-20(26)21(27)13-18)23(30)15-32-22-10-8-17(5-2)12-19(22)25/h7-10,12-13,16H,4-6,11,14-15H2,1-3H3,(H,28,31)/t16-/m0/s1. The van der Waals surface area contributed by atoms with Crippen molar-refractivity contribution in [3.8, 4) is 5.75 Å². The number of benzene rings is 2. The first-order valence-electron chi connectivity index (χ1n) is 10.7. The molecular weight excluding hydrogens is 515 g/mol. The summed E-state index contributed by atoms with van der Waals surface area (Å²) in [6.07, 6.45) is 2.75. The number of nitrogens with zero attached hydrogens (tertiary/aromatic N) is 1. The zero-order chi connectivity index (χ0) is 23.7. The van der Waals surface area contributed by atoms with Gasteiger partial charge in [0.15, 0.2) is 6.61 Å². The van der Waals surface area contributed by atoms with E-state index in [-0.39, 0.29) is 25.0 Å². The van der Waals surface area contributed by atoms with Gasteiger partial charge in [-0.15, -0.1) is 0 Å². The number of ether oxygens (including phenoxy) is 1. The number of carbonyl (C=O) groups is 2. The molecule has 2 rings (SSSR count). The van der Waals surface area contributed by atoms with Crippen LogP contribution in [0.4, 0.5) is 0 Å². The summed E-state index contributed by atoms with van der Waals surface area (Å²) in [6.45, 7) is 6.41. The van der Waals surface area contributed by atoms with Gasteiger partial charge < -0.3 is 15.0 Å². The van der Waals surface area contributed by atoms with Crippen LogP contribution in [0.15, 0.2) is 40.9 Å². The van der Waals surface area contributed by atoms with Gasteiger partial charge in [-0.1, -0.05) is 55.6 Å². The molecule has 0 aromatic heterocycles. The van der Waals surface area contributed by atoms with Gasteiger partial charge in [0, 0.05) is 13.1 Å². The van der Waals surface area contributed by atoms with Gasteiger partial charge in [0.2, 0.25) is 5.91 Å². The maximum atomic E-state index is 13.1. The average molecular weight is 544 g/mol. The molecule has 32 heavy (non-hydrogen) atoms. The highest BCUT2D eigenvalue weighted by atomic mass is 79.9. The molecule has 8 heteroatoms. The molecule has 1 N–H and O–H groups in total. The normalized spacial score (nSPS) is 11.7. The summed E-state index contributed by atoms with van der Waals surface area (Å²) in [5.74, 6) is 0.0612. The first-order valence-corrected chi connectivity index (χ1v) is 12.2. The van der Waals surface area contributed by atoms with Gasteiger partial charge in [-0.25, -0.2) is 0 Å². The molecule has 0 saturated carbocycles. The fraction of sp³-hybridized carbons (Fsp3) is 0.417. The molecule has 1 atom stereocenters. The summed E-state index contributed by atoms with van der Waals surface area (Å²) in [7, 11) is 0. The second-order valence-electron chi connectivity index (χ2n) is 7.50. The fourth-order valence-electron chi connectivity index (χ4n) is 3.06. The number of nitrogens with one attached hydrogen (secondary N) is 1. The van der Waals surface area contributed by atoms with Gasteiger partial charge in [0.05, 0.1) is 14.5 Å². The summed E-state index contributed by atoms with van der Waals surface area (Å²) in [4.78, 5) is 27.3. The number of halogens is 3. The number of carbonyl (C=O) groups excluding carboxylic acids is 2. The summed E-state index contributed by atoms with van der Waals surface area (Å²) < 4.78 is 6.55. The monoisotopic (exact) mass is 542 g/mol. The minimum Gasteiger partial charge on any atom is -0.483 e. The average Bonchev–Trinajstić information content (AvgIpc) is 2.78. The van der Waals surface area contributed by atoms with E-state index in [1.165, 1.54) is 4.90 Å². The molecule has 2 aromatic carbocycles. The maximum Gasteiger partial charge on any atom is 0.261 e. The Morgan fingerprint density at radius 1 is 1.09 bits per heavy atom. The highest BCUT2D eigenvalue weighted by Crippen LogP contribution is 2.27. The highest BCUT2D eigenvalue weighted by molar-refractivity contribution is 9.10. The zero-order valence-corrected chi connectivity index (χ0v) is 21.7. The van der Waals surface area contributed by atoms with Crippen molar-refractivity contribution in [1.29, 1.82) is 0 Å². The lowest BCUT2D eigenvalue weighted by Crippen LogP contribution is -2.49. The summed E-state index contributed by atoms with van der Waals surface area (Å²) >= 11 is 15.6. The molecule has 0 fully saturated rings. The van der Waals surface area contributed by atoms with Crippen molar-refractivity contribution in [2.24, 2.45) is 0 Å². The number of hydrogen-bond donors (Lipinski definition) is 1. The van der Waals surface area contributed by atoms with Crippen LogP contribution in [-0.4, -0.2) is 35.9 Å². The minimum absolute atomic E-state index is 0.196. The molecule has 0 aliphatic rings. The number of rotatable bonds is 11. The van der Waals surface area contributed by atoms with Crippen LogP contribution in [0.25, 0.3) is 0 Å². The van der Waals surface area contributed by atoms with Crippen LogP contribution in [-0.2, 0) is 22.6 Å². The predicted octanol–water partition coefficient (Wildman–Crippen LogP) is 6.03. The quantitative estimate of drug-likeness (QED) is 0.352. The third-order valence-corrected chi connectivity index (χ3v) is 6.45. The molecule has 2 amide bonds. The smallest absolute Gasteiger partial charge is 0.261 e. The maximum absolute atomic E-state index is 13.1. The molecular formula is C24H29BrCl2N2O3. The zero-order valence-electron chi connectivity index (χ0n) is 18.6. The molecule has 174 valence electrons. The third kappa shape index (κ3) is 7.68. The molecule has 0 unspecified atom stereocenters. The van der Waals surface area contributed by atoms with Crippen molar-refractivity contribution in [2.75, 3.05) is 13.2 Å². The Balaban J connectivity index is 2.16. The Bertz CT molecular complexity index is 939. The van der Waals surface area contributed by atoms with Crippen LogP contribution >= 0.6 is 39.1 Å². The van der Waals surface area contributed by atoms with E-state index in [2.05, 4.69) is 35.1 Å². The Labute approximate surface area is 208 Å². The first kappa shape index (κ1) is 26.5. The van der Waals surface area contributed by atoms with Crippen molar-refractivity contribution in [2.45, 2.75) is 52.6 Å². The van der Waals surface area contributed by atoms with Crippen molar-refractivity contribution >= 4 is 50.9 Å². The Hall–Kier alpha value is -1.76. The van der Waals surface area contributed by atoms with E-state index in [0.717, 1.165) is 34.9 Å². The fourth-order valence-corrected chi connectivity index (χ4v) is 3.92. The van der Waals surface area contributed by atoms with Gasteiger partial charge in [-0.3, -0.25) is 9.59 Å². The van der Waals surface area contributed by atoms with E-state index >= 15 is 0 Å². The molecule has 0 saturated heterocycles. The number of unbranched alkanes of at least 4 members (excludes halogenated alkanes) is 1. The van der Waals surface area contributed by atoms with E-state index in [9.17, 15) is 9.59 Å². The van der Waals surface area contributed by atoms with E-state index in [0.29, 0.717) is 22.3 Å². The Morgan fingerprint density at radius 3 is 2.44 bits per heavy atom. The molecule has 0 aliphatic heterocycles. The Morgan fingerprint density at radius 2 is 1.81 bits per heavy atom. The van der Waals surface area contributed by atoms with Crippen molar-refractivity contribution in [3.63, 3.8) is 0 Å². The predicted molar refractivity (Wildman–Crippen MR) is 133 cm³/mol.